The van der Waals surface area contributed by atoms with Crippen molar-refractivity contribution in [2.24, 2.45) is 16.2 Å². The fourth-order valence-corrected chi connectivity index (χ4v) is 8.18. The molecule has 0 amide bonds. The van der Waals surface area contributed by atoms with E-state index < -0.39 is 7.17 Å². The van der Waals surface area contributed by atoms with Gasteiger partial charge in [-0.3, -0.25) is 0 Å². The number of fused-ring (bicyclic) bond motifs is 1. The molecule has 1 aliphatic heterocycles. The van der Waals surface area contributed by atoms with Gasteiger partial charge in [-0.25, -0.2) is 0 Å². The molecule has 0 aromatic heterocycles. The predicted octanol–water partition coefficient (Wildman–Crippen LogP) is 9.98. The second kappa shape index (κ2) is 10.9. The second-order valence-corrected chi connectivity index (χ2v) is 13.0. The van der Waals surface area contributed by atoms with Gasteiger partial charge in [0, 0.05) is 16.4 Å². The molecule has 1 heterocycles. The van der Waals surface area contributed by atoms with E-state index in [1.54, 1.807) is 5.57 Å². The Hall–Kier alpha value is -1.68. The quantitative estimate of drug-likeness (QED) is 0.327. The van der Waals surface area contributed by atoms with Crippen molar-refractivity contribution in [1.29, 1.82) is 0 Å². The van der Waals surface area contributed by atoms with Gasteiger partial charge in [-0.15, -0.1) is 0 Å². The van der Waals surface area contributed by atoms with E-state index in [0.29, 0.717) is 5.76 Å². The zero-order valence-corrected chi connectivity index (χ0v) is 23.7. The molecule has 186 valence electrons. The van der Waals surface area contributed by atoms with Crippen LogP contribution in [0.25, 0.3) is 0 Å². The molecule has 2 aliphatic carbocycles. The summed E-state index contributed by atoms with van der Waals surface area (Å²) < 4.78 is 0. The molecule has 0 fully saturated rings. The highest BCUT2D eigenvalue weighted by atomic mass is 31.1. The van der Waals surface area contributed by atoms with E-state index in [-0.39, 0.29) is 16.2 Å². The highest BCUT2D eigenvalue weighted by Gasteiger charge is 2.59. The lowest BCUT2D eigenvalue weighted by Gasteiger charge is -2.48. The van der Waals surface area contributed by atoms with Crippen LogP contribution in [0.5, 0.6) is 0 Å². The van der Waals surface area contributed by atoms with Crippen molar-refractivity contribution in [1.82, 2.24) is 0 Å². The zero-order valence-electron chi connectivity index (χ0n) is 22.8. The number of hydrogen-bond acceptors (Lipinski definition) is 1. The largest absolute Gasteiger partial charge is 0.507 e. The first-order valence-corrected chi connectivity index (χ1v) is 15.1. The summed E-state index contributed by atoms with van der Waals surface area (Å²) in [4.78, 5) is 0. The fraction of sp³-hybridized carbons (Fsp3) is 0.594. The standard InChI is InChI=1S/C32H47OP/c1-8-15-26-25-16-17-27(30(5,6)7)29(33)28(25)32(20-11-4,31(26,18-9-2)19-10-3)21-24-34-22-13-12-14-23-34/h12-14,17,21-23,33H,8-11,15-16,18-20H2,1-7H3. The number of aliphatic hydroxyl groups is 1. The van der Waals surface area contributed by atoms with Crippen LogP contribution in [0.15, 0.2) is 64.2 Å². The van der Waals surface area contributed by atoms with E-state index in [4.69, 9.17) is 0 Å². The van der Waals surface area contributed by atoms with E-state index in [9.17, 15) is 5.11 Å². The minimum atomic E-state index is -0.520. The summed E-state index contributed by atoms with van der Waals surface area (Å²) in [6, 6.07) is 0. The van der Waals surface area contributed by atoms with Crippen molar-refractivity contribution in [3.63, 3.8) is 0 Å². The van der Waals surface area contributed by atoms with Gasteiger partial charge in [-0.1, -0.05) is 117 Å². The molecule has 0 saturated heterocycles. The van der Waals surface area contributed by atoms with Gasteiger partial charge in [-0.2, -0.15) is 0 Å². The van der Waals surface area contributed by atoms with Gasteiger partial charge < -0.3 is 5.11 Å². The van der Waals surface area contributed by atoms with E-state index in [1.807, 2.05) is 0 Å². The Bertz CT molecular complexity index is 1050. The van der Waals surface area contributed by atoms with Gasteiger partial charge in [0.25, 0.3) is 0 Å². The molecule has 0 saturated carbocycles. The Balaban J connectivity index is 2.47. The molecule has 3 rings (SSSR count). The molecule has 2 heteroatoms. The van der Waals surface area contributed by atoms with Gasteiger partial charge in [0.15, 0.2) is 0 Å². The third kappa shape index (κ3) is 4.59. The molecule has 0 spiro atoms. The summed E-state index contributed by atoms with van der Waals surface area (Å²) in [5, 5.41) is 12.0. The zero-order chi connectivity index (χ0) is 25.0. The van der Waals surface area contributed by atoms with E-state index in [2.05, 4.69) is 95.9 Å². The Morgan fingerprint density at radius 3 is 2.18 bits per heavy atom. The molecule has 1 nitrogen and oxygen atoms in total. The fourth-order valence-electron chi connectivity index (χ4n) is 6.97. The summed E-state index contributed by atoms with van der Waals surface area (Å²) in [6.45, 7) is 16.0. The molecular formula is C32H47OP. The van der Waals surface area contributed by atoms with E-state index >= 15 is 0 Å². The van der Waals surface area contributed by atoms with Gasteiger partial charge in [0.1, 0.15) is 5.76 Å². The first-order valence-electron chi connectivity index (χ1n) is 13.7. The Labute approximate surface area is 210 Å². The smallest absolute Gasteiger partial charge is 0.123 e. The predicted molar refractivity (Wildman–Crippen MR) is 154 cm³/mol. The van der Waals surface area contributed by atoms with Crippen LogP contribution in [-0.2, 0) is 0 Å². The molecule has 0 aromatic rings. The molecule has 1 N–H and O–H groups in total. The summed E-state index contributed by atoms with van der Waals surface area (Å²) in [5.74, 6) is 5.15. The van der Waals surface area contributed by atoms with Gasteiger partial charge in [0.05, 0.1) is 0 Å². The molecule has 0 bridgehead atoms. The van der Waals surface area contributed by atoms with Crippen molar-refractivity contribution >= 4 is 18.4 Å². The molecule has 2 unspecified atom stereocenters. The van der Waals surface area contributed by atoms with Crippen LogP contribution >= 0.6 is 7.17 Å². The summed E-state index contributed by atoms with van der Waals surface area (Å²) >= 11 is 0. The molecule has 0 radical (unpaired) electrons. The third-order valence-electron chi connectivity index (χ3n) is 8.03. The Kier molecular flexibility index (Phi) is 8.65. The molecule has 34 heavy (non-hydrogen) atoms. The summed E-state index contributed by atoms with van der Waals surface area (Å²) in [7, 11) is -0.520. The Morgan fingerprint density at radius 1 is 0.971 bits per heavy atom. The monoisotopic (exact) mass is 478 g/mol. The lowest BCUT2D eigenvalue weighted by atomic mass is 9.54. The first-order chi connectivity index (χ1) is 16.2. The highest BCUT2D eigenvalue weighted by molar-refractivity contribution is 7.59. The van der Waals surface area contributed by atoms with Crippen LogP contribution in [0.1, 0.15) is 106 Å². The minimum absolute atomic E-state index is 0.0695. The highest BCUT2D eigenvalue weighted by Crippen LogP contribution is 2.69. The molecule has 0 aromatic carbocycles. The molecule has 3 aliphatic rings. The maximum absolute atomic E-state index is 12.0. The molecular weight excluding hydrogens is 431 g/mol. The van der Waals surface area contributed by atoms with Gasteiger partial charge in [0.2, 0.25) is 0 Å². The van der Waals surface area contributed by atoms with E-state index in [0.717, 1.165) is 50.5 Å². The van der Waals surface area contributed by atoms with Crippen LogP contribution in [0.2, 0.25) is 0 Å². The van der Waals surface area contributed by atoms with Crippen molar-refractivity contribution < 1.29 is 5.11 Å². The van der Waals surface area contributed by atoms with Crippen LogP contribution in [-0.4, -0.2) is 16.4 Å². The van der Waals surface area contributed by atoms with Crippen molar-refractivity contribution in [2.75, 3.05) is 0 Å². The molecule has 2 atom stereocenters. The number of allylic oxidation sites excluding steroid dienone is 9. The third-order valence-corrected chi connectivity index (χ3v) is 9.44. The van der Waals surface area contributed by atoms with Crippen LogP contribution in [0, 0.1) is 16.2 Å². The summed E-state index contributed by atoms with van der Waals surface area (Å²) in [6.07, 6.45) is 21.3. The number of aliphatic hydroxyl groups excluding tert-OH is 1. The maximum atomic E-state index is 12.0. The lowest BCUT2D eigenvalue weighted by molar-refractivity contribution is 0.129. The van der Waals surface area contributed by atoms with Crippen molar-refractivity contribution in [2.45, 2.75) is 106 Å². The first kappa shape index (κ1) is 26.9. The normalized spacial score (nSPS) is 24.7. The van der Waals surface area contributed by atoms with E-state index in [1.165, 1.54) is 24.0 Å². The maximum Gasteiger partial charge on any atom is 0.123 e. The topological polar surface area (TPSA) is 20.2 Å². The van der Waals surface area contributed by atoms with Crippen LogP contribution in [0.4, 0.5) is 0 Å². The number of hydrogen-bond donors (Lipinski definition) is 1. The average molecular weight is 479 g/mol. The lowest BCUT2D eigenvalue weighted by Crippen LogP contribution is -2.41. The van der Waals surface area contributed by atoms with Crippen LogP contribution < -0.4 is 0 Å². The minimum Gasteiger partial charge on any atom is -0.507 e. The number of rotatable bonds is 9. The second-order valence-electron chi connectivity index (χ2n) is 11.4. The Morgan fingerprint density at radius 2 is 1.65 bits per heavy atom. The average Bonchev–Trinajstić information content (AvgIpc) is 3.00. The van der Waals surface area contributed by atoms with Gasteiger partial charge in [-0.05, 0) is 66.4 Å². The van der Waals surface area contributed by atoms with Crippen LogP contribution in [0.3, 0.4) is 0 Å². The van der Waals surface area contributed by atoms with Gasteiger partial charge >= 0.3 is 0 Å². The van der Waals surface area contributed by atoms with Crippen molar-refractivity contribution in [3.05, 3.63) is 64.2 Å². The SMILES string of the molecule is CCCC1=C2CC=C(C(C)(C)C)C(O)=C2C(C=C=P2=CC=CC=C2)(CCC)C1(CCC)CCC. The van der Waals surface area contributed by atoms with Crippen molar-refractivity contribution in [3.8, 4) is 0 Å². The summed E-state index contributed by atoms with van der Waals surface area (Å²) in [5.41, 5.74) is 9.17.